The fraction of sp³-hybridized carbons (Fsp3) is 0.0400. The Bertz CT molecular complexity index is 3240. The van der Waals surface area contributed by atoms with Crippen molar-refractivity contribution in [1.82, 2.24) is 4.57 Å². The van der Waals surface area contributed by atoms with Crippen molar-refractivity contribution in [3.63, 3.8) is 0 Å². The Balaban J connectivity index is 0.847. The minimum Gasteiger partial charge on any atom is -0.458 e. The number of benzene rings is 8. The number of rotatable bonds is 5. The summed E-state index contributed by atoms with van der Waals surface area (Å²) in [6, 6.07) is 55.7. The Hall–Kier alpha value is -7.18. The zero-order valence-corrected chi connectivity index (χ0v) is 30.1. The van der Waals surface area contributed by atoms with Crippen LogP contribution in [0.25, 0.3) is 60.6 Å². The maximum absolute atomic E-state index is 6.61. The molecule has 2 aromatic heterocycles. The second-order valence-corrected chi connectivity index (χ2v) is 15.1. The first-order valence-corrected chi connectivity index (χ1v) is 19.2. The normalized spacial score (nSPS) is 13.2. The monoisotopic (exact) mass is 719 g/mol. The third-order valence-corrected chi connectivity index (χ3v) is 12.0. The summed E-state index contributed by atoms with van der Waals surface area (Å²) in [7, 11) is 0. The van der Waals surface area contributed by atoms with Gasteiger partial charge in [0.2, 0.25) is 0 Å². The number of aryl methyl sites for hydroxylation is 2. The van der Waals surface area contributed by atoms with Gasteiger partial charge in [-0.25, -0.2) is 0 Å². The van der Waals surface area contributed by atoms with E-state index < -0.39 is 0 Å². The highest BCUT2D eigenvalue weighted by Gasteiger charge is 2.46. The van der Waals surface area contributed by atoms with Crippen molar-refractivity contribution in [1.29, 1.82) is 0 Å². The van der Waals surface area contributed by atoms with E-state index in [9.17, 15) is 0 Å². The van der Waals surface area contributed by atoms with Crippen molar-refractivity contribution in [3.05, 3.63) is 169 Å². The van der Waals surface area contributed by atoms with Gasteiger partial charge in [-0.3, -0.25) is 0 Å². The lowest BCUT2D eigenvalue weighted by molar-refractivity contribution is 0.443. The molecule has 10 aromatic rings. The van der Waals surface area contributed by atoms with E-state index in [4.69, 9.17) is 18.6 Å². The number of hydrogen-bond acceptors (Lipinski definition) is 4. The molecule has 3 aliphatic heterocycles. The fourth-order valence-electron chi connectivity index (χ4n) is 9.52. The molecule has 0 spiro atoms. The molecule has 0 fully saturated rings. The van der Waals surface area contributed by atoms with E-state index in [1.165, 1.54) is 32.9 Å². The lowest BCUT2D eigenvalue weighted by Crippen LogP contribution is -2.59. The summed E-state index contributed by atoms with van der Waals surface area (Å²) in [6.45, 7) is 0.0133. The standard InChI is InChI=1S/C50H30BNO4/c1-3-14-37-33(11-1)36-26-30(23-24-38(36)52(37)39-15-6-13-35-34-12-2-4-16-40(34)56-50(35)39)22-21-29-9-5-10-31(25-29)32-27-45-49-46(28-32)55-44-20-8-18-42-48(44)51(49)47-41(53-42)17-7-19-43(47)54-45/h1-20,23-28H,21-22H2. The molecule has 0 radical (unpaired) electrons. The Labute approximate surface area is 322 Å². The lowest BCUT2D eigenvalue weighted by Gasteiger charge is -2.37. The first kappa shape index (κ1) is 30.2. The molecule has 3 aliphatic rings. The number of para-hydroxylation sites is 3. The average molecular weight is 720 g/mol. The molecule has 0 atom stereocenters. The van der Waals surface area contributed by atoms with E-state index in [1.54, 1.807) is 0 Å². The van der Waals surface area contributed by atoms with Gasteiger partial charge in [0.25, 0.3) is 6.71 Å². The summed E-state index contributed by atoms with van der Waals surface area (Å²) >= 11 is 0. The van der Waals surface area contributed by atoms with Gasteiger partial charge in [0.1, 0.15) is 40.1 Å². The van der Waals surface area contributed by atoms with Crippen molar-refractivity contribution < 1.29 is 18.6 Å². The van der Waals surface area contributed by atoms with Crippen LogP contribution in [-0.2, 0) is 12.8 Å². The van der Waals surface area contributed by atoms with Crippen LogP contribution in [0.2, 0.25) is 0 Å². The van der Waals surface area contributed by atoms with Gasteiger partial charge in [-0.15, -0.1) is 0 Å². The molecule has 13 rings (SSSR count). The Morgan fingerprint density at radius 3 is 1.77 bits per heavy atom. The van der Waals surface area contributed by atoms with Gasteiger partial charge < -0.3 is 23.2 Å². The molecule has 0 N–H and O–H groups in total. The minimum atomic E-state index is 0.0133. The number of nitrogens with zero attached hydrogens (tertiary/aromatic N) is 1. The van der Waals surface area contributed by atoms with Crippen LogP contribution >= 0.6 is 0 Å². The van der Waals surface area contributed by atoms with E-state index in [0.717, 1.165) is 102 Å². The molecule has 8 aromatic carbocycles. The van der Waals surface area contributed by atoms with Crippen LogP contribution in [0.4, 0.5) is 0 Å². The van der Waals surface area contributed by atoms with Crippen LogP contribution in [0.15, 0.2) is 162 Å². The predicted octanol–water partition coefficient (Wildman–Crippen LogP) is 11.0. The average Bonchev–Trinajstić information content (AvgIpc) is 3.79. The smallest absolute Gasteiger partial charge is 0.270 e. The molecular formula is C50H30BNO4. The molecule has 5 heterocycles. The Kier molecular flexibility index (Phi) is 6.03. The van der Waals surface area contributed by atoms with Crippen LogP contribution in [0, 0.1) is 0 Å². The molecule has 6 heteroatoms. The summed E-state index contributed by atoms with van der Waals surface area (Å²) in [5.74, 6) is 5.04. The van der Waals surface area contributed by atoms with Gasteiger partial charge in [-0.1, -0.05) is 91.0 Å². The molecule has 56 heavy (non-hydrogen) atoms. The number of hydrogen-bond donors (Lipinski definition) is 0. The second-order valence-electron chi connectivity index (χ2n) is 15.1. The molecule has 5 nitrogen and oxygen atoms in total. The van der Waals surface area contributed by atoms with E-state index in [1.807, 2.05) is 48.5 Å². The molecule has 0 amide bonds. The maximum Gasteiger partial charge on any atom is 0.270 e. The third kappa shape index (κ3) is 4.21. The number of furan rings is 1. The molecular weight excluding hydrogens is 689 g/mol. The van der Waals surface area contributed by atoms with Crippen molar-refractivity contribution >= 4 is 66.8 Å². The molecule has 0 bridgehead atoms. The van der Waals surface area contributed by atoms with Gasteiger partial charge in [0, 0.05) is 37.9 Å². The number of fused-ring (bicyclic) bond motifs is 6. The SMILES string of the molecule is c1cc(CCc2ccc3c(c2)c2ccccc2n3-c2cccc3c2oc2ccccc23)cc(-c2cc3c4c(c2)Oc2cccc5c2B4c2c(cccc2O3)O5)c1. The van der Waals surface area contributed by atoms with Gasteiger partial charge in [-0.2, -0.15) is 0 Å². The molecule has 262 valence electrons. The first-order chi connectivity index (χ1) is 27.7. The highest BCUT2D eigenvalue weighted by molar-refractivity contribution is 6.99. The maximum atomic E-state index is 6.61. The highest BCUT2D eigenvalue weighted by atomic mass is 16.5. The molecule has 0 saturated carbocycles. The topological polar surface area (TPSA) is 45.8 Å². The van der Waals surface area contributed by atoms with Gasteiger partial charge in [-0.05, 0) is 102 Å². The first-order valence-electron chi connectivity index (χ1n) is 19.2. The van der Waals surface area contributed by atoms with Crippen molar-refractivity contribution in [2.24, 2.45) is 0 Å². The van der Waals surface area contributed by atoms with Crippen molar-refractivity contribution in [3.8, 4) is 51.3 Å². The molecule has 0 saturated heterocycles. The fourth-order valence-corrected chi connectivity index (χ4v) is 9.52. The van der Waals surface area contributed by atoms with Crippen LogP contribution in [0.1, 0.15) is 11.1 Å². The minimum absolute atomic E-state index is 0.0133. The lowest BCUT2D eigenvalue weighted by atomic mass is 9.34. The van der Waals surface area contributed by atoms with Crippen LogP contribution in [0.3, 0.4) is 0 Å². The van der Waals surface area contributed by atoms with E-state index >= 15 is 0 Å². The summed E-state index contributed by atoms with van der Waals surface area (Å²) in [6.07, 6.45) is 1.83. The van der Waals surface area contributed by atoms with Gasteiger partial charge in [0.15, 0.2) is 5.58 Å². The van der Waals surface area contributed by atoms with Crippen molar-refractivity contribution in [2.75, 3.05) is 0 Å². The summed E-state index contributed by atoms with van der Waals surface area (Å²) in [5, 5.41) is 4.75. The van der Waals surface area contributed by atoms with Crippen LogP contribution < -0.4 is 30.6 Å². The zero-order valence-electron chi connectivity index (χ0n) is 30.1. The summed E-state index contributed by atoms with van der Waals surface area (Å²) in [5.41, 5.74) is 13.2. The van der Waals surface area contributed by atoms with E-state index in [-0.39, 0.29) is 6.71 Å². The predicted molar refractivity (Wildman–Crippen MR) is 225 cm³/mol. The van der Waals surface area contributed by atoms with Gasteiger partial charge >= 0.3 is 0 Å². The third-order valence-electron chi connectivity index (χ3n) is 12.0. The summed E-state index contributed by atoms with van der Waals surface area (Å²) in [4.78, 5) is 0. The van der Waals surface area contributed by atoms with E-state index in [2.05, 4.69) is 114 Å². The summed E-state index contributed by atoms with van der Waals surface area (Å²) < 4.78 is 28.4. The Morgan fingerprint density at radius 1 is 0.411 bits per heavy atom. The highest BCUT2D eigenvalue weighted by Crippen LogP contribution is 2.44. The number of aromatic nitrogens is 1. The van der Waals surface area contributed by atoms with Gasteiger partial charge in [0.05, 0.1) is 16.7 Å². The molecule has 0 aliphatic carbocycles. The Morgan fingerprint density at radius 2 is 1.00 bits per heavy atom. The van der Waals surface area contributed by atoms with Crippen LogP contribution in [-0.4, -0.2) is 11.3 Å². The quantitative estimate of drug-likeness (QED) is 0.166. The van der Waals surface area contributed by atoms with Crippen LogP contribution in [0.5, 0.6) is 34.5 Å². The van der Waals surface area contributed by atoms with E-state index in [0.29, 0.717) is 0 Å². The zero-order chi connectivity index (χ0) is 36.5. The molecule has 0 unspecified atom stereocenters. The largest absolute Gasteiger partial charge is 0.458 e. The number of ether oxygens (including phenoxy) is 3. The second kappa shape index (κ2) is 11.2. The van der Waals surface area contributed by atoms with Crippen molar-refractivity contribution in [2.45, 2.75) is 12.8 Å².